The fraction of sp³-hybridized carbons (Fsp3) is 1.00. The summed E-state index contributed by atoms with van der Waals surface area (Å²) in [6.45, 7) is 5.32. The summed E-state index contributed by atoms with van der Waals surface area (Å²) < 4.78 is 10.7. The number of hydrogen-bond donors (Lipinski definition) is 1. The molecule has 0 atom stereocenters. The van der Waals surface area contributed by atoms with Crippen LogP contribution in [0, 0.1) is 0 Å². The molecular formula is C9H18O3. The van der Waals surface area contributed by atoms with Crippen LogP contribution in [-0.2, 0) is 9.47 Å². The Bertz CT molecular complexity index is 119. The number of rotatable bonds is 5. The van der Waals surface area contributed by atoms with E-state index >= 15 is 0 Å². The van der Waals surface area contributed by atoms with Crippen molar-refractivity contribution in [2.75, 3.05) is 13.2 Å². The lowest BCUT2D eigenvalue weighted by Crippen LogP contribution is -2.36. The fourth-order valence-electron chi connectivity index (χ4n) is 1.17. The maximum Gasteiger partial charge on any atom is 0.0704 e. The van der Waals surface area contributed by atoms with E-state index in [2.05, 4.69) is 0 Å². The second-order valence-corrected chi connectivity index (χ2v) is 3.54. The van der Waals surface area contributed by atoms with Crippen molar-refractivity contribution in [1.82, 2.24) is 0 Å². The summed E-state index contributed by atoms with van der Waals surface area (Å²) in [5.41, 5.74) is 0. The first-order chi connectivity index (χ1) is 5.68. The van der Waals surface area contributed by atoms with Crippen LogP contribution in [0.25, 0.3) is 0 Å². The van der Waals surface area contributed by atoms with Gasteiger partial charge >= 0.3 is 0 Å². The molecule has 12 heavy (non-hydrogen) atoms. The molecule has 0 unspecified atom stereocenters. The number of aliphatic hydroxyl groups excluding tert-OH is 1. The van der Waals surface area contributed by atoms with E-state index < -0.39 is 0 Å². The minimum Gasteiger partial charge on any atom is -0.393 e. The molecule has 0 bridgehead atoms. The first-order valence-electron chi connectivity index (χ1n) is 4.59. The first-order valence-corrected chi connectivity index (χ1v) is 4.59. The normalized spacial score (nSPS) is 29.0. The van der Waals surface area contributed by atoms with Crippen LogP contribution in [0.3, 0.4) is 0 Å². The van der Waals surface area contributed by atoms with Crippen molar-refractivity contribution in [3.05, 3.63) is 0 Å². The van der Waals surface area contributed by atoms with Crippen LogP contribution < -0.4 is 0 Å². The molecule has 1 rings (SSSR count). The van der Waals surface area contributed by atoms with Gasteiger partial charge in [-0.2, -0.15) is 0 Å². The predicted molar refractivity (Wildman–Crippen MR) is 46.1 cm³/mol. The van der Waals surface area contributed by atoms with Gasteiger partial charge in [0.25, 0.3) is 0 Å². The molecule has 1 saturated carbocycles. The van der Waals surface area contributed by atoms with Crippen LogP contribution in [0.2, 0.25) is 0 Å². The molecule has 0 aromatic rings. The third kappa shape index (κ3) is 3.52. The van der Waals surface area contributed by atoms with E-state index in [1.54, 1.807) is 0 Å². The second-order valence-electron chi connectivity index (χ2n) is 3.54. The molecule has 0 aromatic carbocycles. The highest BCUT2D eigenvalue weighted by Gasteiger charge is 2.27. The lowest BCUT2D eigenvalue weighted by molar-refractivity contribution is -0.0880. The summed E-state index contributed by atoms with van der Waals surface area (Å²) in [5, 5.41) is 8.95. The standard InChI is InChI=1S/C9H18O3/c1-7(2)11-3-4-12-9-5-8(10)6-9/h7-10H,3-6H2,1-2H3. The van der Waals surface area contributed by atoms with Gasteiger partial charge in [0.05, 0.1) is 31.5 Å². The summed E-state index contributed by atoms with van der Waals surface area (Å²) in [6, 6.07) is 0. The smallest absolute Gasteiger partial charge is 0.0704 e. The Morgan fingerprint density at radius 1 is 1.33 bits per heavy atom. The van der Waals surface area contributed by atoms with Crippen LogP contribution in [0.5, 0.6) is 0 Å². The molecule has 1 aliphatic carbocycles. The lowest BCUT2D eigenvalue weighted by atomic mass is 9.92. The zero-order valence-electron chi connectivity index (χ0n) is 7.82. The van der Waals surface area contributed by atoms with Gasteiger partial charge in [-0.15, -0.1) is 0 Å². The predicted octanol–water partition coefficient (Wildman–Crippen LogP) is 0.951. The maximum atomic E-state index is 8.95. The molecule has 0 heterocycles. The van der Waals surface area contributed by atoms with E-state index in [1.807, 2.05) is 13.8 Å². The van der Waals surface area contributed by atoms with Gasteiger partial charge in [0.2, 0.25) is 0 Å². The Labute approximate surface area is 73.7 Å². The van der Waals surface area contributed by atoms with Crippen molar-refractivity contribution in [1.29, 1.82) is 0 Å². The largest absolute Gasteiger partial charge is 0.393 e. The van der Waals surface area contributed by atoms with Crippen molar-refractivity contribution >= 4 is 0 Å². The maximum absolute atomic E-state index is 8.95. The molecule has 0 saturated heterocycles. The Balaban J connectivity index is 1.83. The van der Waals surface area contributed by atoms with Crippen molar-refractivity contribution in [2.24, 2.45) is 0 Å². The molecular weight excluding hydrogens is 156 g/mol. The third-order valence-electron chi connectivity index (χ3n) is 1.96. The molecule has 0 amide bonds. The van der Waals surface area contributed by atoms with Crippen LogP contribution >= 0.6 is 0 Å². The fourth-order valence-corrected chi connectivity index (χ4v) is 1.17. The highest BCUT2D eigenvalue weighted by Crippen LogP contribution is 2.22. The molecule has 3 heteroatoms. The van der Waals surface area contributed by atoms with Crippen molar-refractivity contribution in [3.8, 4) is 0 Å². The van der Waals surface area contributed by atoms with E-state index in [9.17, 15) is 0 Å². The van der Waals surface area contributed by atoms with Crippen molar-refractivity contribution in [2.45, 2.75) is 45.0 Å². The summed E-state index contributed by atoms with van der Waals surface area (Å²) in [7, 11) is 0. The molecule has 1 N–H and O–H groups in total. The summed E-state index contributed by atoms with van der Waals surface area (Å²) in [5.74, 6) is 0. The van der Waals surface area contributed by atoms with E-state index in [0.717, 1.165) is 12.8 Å². The SMILES string of the molecule is CC(C)OCCOC1CC(O)C1. The van der Waals surface area contributed by atoms with Gasteiger partial charge < -0.3 is 14.6 Å². The van der Waals surface area contributed by atoms with Gasteiger partial charge in [-0.1, -0.05) is 0 Å². The average molecular weight is 174 g/mol. The van der Waals surface area contributed by atoms with Crippen molar-refractivity contribution < 1.29 is 14.6 Å². The Morgan fingerprint density at radius 3 is 2.50 bits per heavy atom. The van der Waals surface area contributed by atoms with E-state index in [4.69, 9.17) is 14.6 Å². The zero-order chi connectivity index (χ0) is 8.97. The lowest BCUT2D eigenvalue weighted by Gasteiger charge is -2.31. The Morgan fingerprint density at radius 2 is 2.00 bits per heavy atom. The van der Waals surface area contributed by atoms with Crippen molar-refractivity contribution in [3.63, 3.8) is 0 Å². The monoisotopic (exact) mass is 174 g/mol. The number of aliphatic hydroxyl groups is 1. The quantitative estimate of drug-likeness (QED) is 0.631. The van der Waals surface area contributed by atoms with Crippen LogP contribution in [0.15, 0.2) is 0 Å². The highest BCUT2D eigenvalue weighted by molar-refractivity contribution is 4.78. The van der Waals surface area contributed by atoms with Crippen LogP contribution in [0.4, 0.5) is 0 Å². The second kappa shape index (κ2) is 4.80. The molecule has 3 nitrogen and oxygen atoms in total. The van der Waals surface area contributed by atoms with Gasteiger partial charge in [0.1, 0.15) is 0 Å². The van der Waals surface area contributed by atoms with Gasteiger partial charge in [-0.05, 0) is 26.7 Å². The van der Waals surface area contributed by atoms with E-state index in [1.165, 1.54) is 0 Å². The van der Waals surface area contributed by atoms with E-state index in [-0.39, 0.29) is 18.3 Å². The van der Waals surface area contributed by atoms with Gasteiger partial charge in [-0.25, -0.2) is 0 Å². The first kappa shape index (κ1) is 9.96. The molecule has 72 valence electrons. The van der Waals surface area contributed by atoms with E-state index in [0.29, 0.717) is 13.2 Å². The highest BCUT2D eigenvalue weighted by atomic mass is 16.5. The number of hydrogen-bond acceptors (Lipinski definition) is 3. The van der Waals surface area contributed by atoms with Crippen LogP contribution in [-0.4, -0.2) is 36.6 Å². The Hall–Kier alpha value is -0.120. The Kier molecular flexibility index (Phi) is 3.98. The third-order valence-corrected chi connectivity index (χ3v) is 1.96. The minimum atomic E-state index is -0.124. The molecule has 0 aliphatic heterocycles. The van der Waals surface area contributed by atoms with Gasteiger partial charge in [0, 0.05) is 0 Å². The summed E-state index contributed by atoms with van der Waals surface area (Å²) in [6.07, 6.45) is 2.01. The summed E-state index contributed by atoms with van der Waals surface area (Å²) >= 11 is 0. The molecule has 1 fully saturated rings. The van der Waals surface area contributed by atoms with Crippen LogP contribution in [0.1, 0.15) is 26.7 Å². The number of ether oxygens (including phenoxy) is 2. The molecule has 0 spiro atoms. The van der Waals surface area contributed by atoms with Gasteiger partial charge in [0.15, 0.2) is 0 Å². The molecule has 0 radical (unpaired) electrons. The molecule has 0 aromatic heterocycles. The topological polar surface area (TPSA) is 38.7 Å². The van der Waals surface area contributed by atoms with Gasteiger partial charge in [-0.3, -0.25) is 0 Å². The minimum absolute atomic E-state index is 0.124. The zero-order valence-corrected chi connectivity index (χ0v) is 7.82. The summed E-state index contributed by atoms with van der Waals surface area (Å²) in [4.78, 5) is 0. The molecule has 1 aliphatic rings. The average Bonchev–Trinajstić information content (AvgIpc) is 1.93.